The number of fused-ring (bicyclic) bond motifs is 1. The second-order valence-electron chi connectivity index (χ2n) is 7.15. The van der Waals surface area contributed by atoms with Gasteiger partial charge in [-0.25, -0.2) is 14.3 Å². The molecule has 1 aliphatic carbocycles. The molecule has 0 radical (unpaired) electrons. The van der Waals surface area contributed by atoms with E-state index in [1.165, 1.54) is 9.13 Å². The predicted octanol–water partition coefficient (Wildman–Crippen LogP) is 4.04. The van der Waals surface area contributed by atoms with Crippen LogP contribution in [0.25, 0.3) is 16.9 Å². The maximum atomic E-state index is 13.3. The quantitative estimate of drug-likeness (QED) is 0.494. The molecule has 0 saturated heterocycles. The minimum Gasteiger partial charge on any atom is -0.320 e. The summed E-state index contributed by atoms with van der Waals surface area (Å²) < 4.78 is 4.53. The average molecular weight is 427 g/mol. The van der Waals surface area contributed by atoms with Crippen LogP contribution in [0.3, 0.4) is 0 Å². The van der Waals surface area contributed by atoms with Gasteiger partial charge in [-0.05, 0) is 42.7 Å². The molecule has 0 spiro atoms. The molecule has 5 rings (SSSR count). The van der Waals surface area contributed by atoms with E-state index >= 15 is 0 Å². The Kier molecular flexibility index (Phi) is 4.33. The normalized spacial score (nSPS) is 13.9. The first-order valence-corrected chi connectivity index (χ1v) is 10.0. The van der Waals surface area contributed by atoms with Gasteiger partial charge < -0.3 is 4.57 Å². The van der Waals surface area contributed by atoms with Crippen molar-refractivity contribution in [1.29, 1.82) is 0 Å². The highest BCUT2D eigenvalue weighted by Crippen LogP contribution is 2.33. The van der Waals surface area contributed by atoms with Gasteiger partial charge in [-0.2, -0.15) is 0 Å². The molecule has 146 valence electrons. The van der Waals surface area contributed by atoms with Crippen LogP contribution in [0.2, 0.25) is 10.0 Å². The Labute approximate surface area is 175 Å². The zero-order valence-corrected chi connectivity index (χ0v) is 16.8. The van der Waals surface area contributed by atoms with Crippen molar-refractivity contribution < 1.29 is 0 Å². The number of para-hydroxylation sites is 1. The van der Waals surface area contributed by atoms with Gasteiger partial charge in [-0.3, -0.25) is 9.36 Å². The zero-order chi connectivity index (χ0) is 20.1. The van der Waals surface area contributed by atoms with Crippen LogP contribution in [0.4, 0.5) is 0 Å². The third-order valence-electron chi connectivity index (χ3n) is 5.10. The van der Waals surface area contributed by atoms with Gasteiger partial charge in [0.15, 0.2) is 11.2 Å². The Bertz CT molecular complexity index is 1370. The maximum absolute atomic E-state index is 13.3. The van der Waals surface area contributed by atoms with Crippen LogP contribution in [-0.2, 0) is 6.54 Å². The van der Waals surface area contributed by atoms with Crippen LogP contribution in [-0.4, -0.2) is 18.7 Å². The summed E-state index contributed by atoms with van der Waals surface area (Å²) in [5.41, 5.74) is 1.38. The molecule has 0 unspecified atom stereocenters. The largest absolute Gasteiger partial charge is 0.337 e. The highest BCUT2D eigenvalue weighted by molar-refractivity contribution is 6.32. The van der Waals surface area contributed by atoms with Crippen molar-refractivity contribution in [3.8, 4) is 5.69 Å². The summed E-state index contributed by atoms with van der Waals surface area (Å²) in [5.74, 6) is 0. The summed E-state index contributed by atoms with van der Waals surface area (Å²) in [6.45, 7) is 0.414. The molecule has 4 aromatic rings. The molecular weight excluding hydrogens is 411 g/mol. The van der Waals surface area contributed by atoms with Crippen LogP contribution < -0.4 is 11.2 Å². The first-order valence-electron chi connectivity index (χ1n) is 9.26. The molecule has 0 atom stereocenters. The fourth-order valence-corrected chi connectivity index (χ4v) is 4.04. The molecule has 2 aromatic heterocycles. The fraction of sp³-hybridized carbons (Fsp3) is 0.190. The van der Waals surface area contributed by atoms with E-state index in [1.807, 2.05) is 18.2 Å². The van der Waals surface area contributed by atoms with E-state index in [2.05, 4.69) is 4.98 Å². The van der Waals surface area contributed by atoms with E-state index in [0.717, 1.165) is 18.4 Å². The third-order valence-corrected chi connectivity index (χ3v) is 5.65. The Hall–Kier alpha value is -2.83. The summed E-state index contributed by atoms with van der Waals surface area (Å²) in [4.78, 5) is 30.9. The number of aromatic nitrogens is 4. The van der Waals surface area contributed by atoms with Gasteiger partial charge in [0.25, 0.3) is 5.56 Å². The van der Waals surface area contributed by atoms with Gasteiger partial charge in [0.05, 0.1) is 17.0 Å². The van der Waals surface area contributed by atoms with Gasteiger partial charge in [0.1, 0.15) is 0 Å². The van der Waals surface area contributed by atoms with E-state index < -0.39 is 5.69 Å². The predicted molar refractivity (Wildman–Crippen MR) is 113 cm³/mol. The molecule has 0 N–H and O–H groups in total. The molecule has 8 heteroatoms. The highest BCUT2D eigenvalue weighted by Gasteiger charge is 2.30. The van der Waals surface area contributed by atoms with Gasteiger partial charge in [0.2, 0.25) is 0 Å². The van der Waals surface area contributed by atoms with Gasteiger partial charge in [0, 0.05) is 17.6 Å². The summed E-state index contributed by atoms with van der Waals surface area (Å²) in [5, 5.41) is 1.04. The number of benzene rings is 2. The van der Waals surface area contributed by atoms with Crippen LogP contribution >= 0.6 is 23.2 Å². The average Bonchev–Trinajstić information content (AvgIpc) is 3.44. The van der Waals surface area contributed by atoms with E-state index in [1.54, 1.807) is 41.2 Å². The number of hydrogen-bond acceptors (Lipinski definition) is 3. The smallest absolute Gasteiger partial charge is 0.320 e. The summed E-state index contributed by atoms with van der Waals surface area (Å²) >= 11 is 12.5. The van der Waals surface area contributed by atoms with E-state index in [-0.39, 0.29) is 11.6 Å². The summed E-state index contributed by atoms with van der Waals surface area (Å²) in [7, 11) is 0. The Balaban J connectivity index is 1.80. The van der Waals surface area contributed by atoms with Crippen molar-refractivity contribution in [2.45, 2.75) is 25.4 Å². The van der Waals surface area contributed by atoms with Crippen molar-refractivity contribution in [2.24, 2.45) is 0 Å². The molecular formula is C21H16Cl2N4O2. The number of rotatable bonds is 4. The van der Waals surface area contributed by atoms with Crippen molar-refractivity contribution >= 4 is 34.4 Å². The van der Waals surface area contributed by atoms with Gasteiger partial charge >= 0.3 is 5.69 Å². The molecule has 2 aromatic carbocycles. The van der Waals surface area contributed by atoms with Crippen molar-refractivity contribution in [3.05, 3.63) is 91.3 Å². The number of halogens is 2. The minimum atomic E-state index is -0.411. The Morgan fingerprint density at radius 2 is 1.83 bits per heavy atom. The highest BCUT2D eigenvalue weighted by atomic mass is 35.5. The van der Waals surface area contributed by atoms with Crippen molar-refractivity contribution in [3.63, 3.8) is 0 Å². The molecule has 6 nitrogen and oxygen atoms in total. The van der Waals surface area contributed by atoms with Gasteiger partial charge in [-0.1, -0.05) is 47.5 Å². The van der Waals surface area contributed by atoms with E-state index in [4.69, 9.17) is 23.2 Å². The van der Waals surface area contributed by atoms with Crippen molar-refractivity contribution in [1.82, 2.24) is 18.7 Å². The Morgan fingerprint density at radius 3 is 2.55 bits per heavy atom. The second kappa shape index (κ2) is 6.90. The first-order chi connectivity index (χ1) is 14.0. The molecule has 1 fully saturated rings. The minimum absolute atomic E-state index is 0.0809. The molecule has 29 heavy (non-hydrogen) atoms. The van der Waals surface area contributed by atoms with Crippen LogP contribution in [0.5, 0.6) is 0 Å². The maximum Gasteiger partial charge on any atom is 0.337 e. The lowest BCUT2D eigenvalue weighted by Gasteiger charge is -2.13. The monoisotopic (exact) mass is 426 g/mol. The number of hydrogen-bond donors (Lipinski definition) is 0. The number of nitrogens with zero attached hydrogens (tertiary/aromatic N) is 4. The van der Waals surface area contributed by atoms with Crippen LogP contribution in [0, 0.1) is 0 Å². The Morgan fingerprint density at radius 1 is 1.03 bits per heavy atom. The lowest BCUT2D eigenvalue weighted by atomic mass is 10.2. The second-order valence-corrected chi connectivity index (χ2v) is 7.99. The topological polar surface area (TPSA) is 61.8 Å². The lowest BCUT2D eigenvalue weighted by molar-refractivity contribution is 0.639. The molecule has 0 aliphatic heterocycles. The fourth-order valence-electron chi connectivity index (χ4n) is 3.61. The number of imidazole rings is 1. The molecule has 0 bridgehead atoms. The van der Waals surface area contributed by atoms with Crippen molar-refractivity contribution in [2.75, 3.05) is 0 Å². The summed E-state index contributed by atoms with van der Waals surface area (Å²) in [6.07, 6.45) is 3.20. The zero-order valence-electron chi connectivity index (χ0n) is 15.3. The van der Waals surface area contributed by atoms with E-state index in [0.29, 0.717) is 33.4 Å². The standard InChI is InChI=1S/C21H16Cl2N4O2/c22-14-5-3-4-13(10-14)11-25-12-24-19-18(25)20(28)26(15-8-9-15)21(29)27(19)17-7-2-1-6-16(17)23/h1-7,10,12,15H,8-9,11H2. The van der Waals surface area contributed by atoms with Crippen LogP contribution in [0.1, 0.15) is 24.4 Å². The lowest BCUT2D eigenvalue weighted by Crippen LogP contribution is -2.39. The van der Waals surface area contributed by atoms with Gasteiger partial charge in [-0.15, -0.1) is 0 Å². The van der Waals surface area contributed by atoms with Crippen LogP contribution in [0.15, 0.2) is 64.4 Å². The molecule has 0 amide bonds. The first kappa shape index (κ1) is 18.2. The summed E-state index contributed by atoms with van der Waals surface area (Å²) in [6, 6.07) is 14.4. The molecule has 1 saturated carbocycles. The molecule has 2 heterocycles. The van der Waals surface area contributed by atoms with E-state index in [9.17, 15) is 9.59 Å². The molecule has 1 aliphatic rings. The SMILES string of the molecule is O=c1c2c(ncn2Cc2cccc(Cl)c2)n(-c2ccccc2Cl)c(=O)n1C1CC1. The third kappa shape index (κ3) is 3.09.